The van der Waals surface area contributed by atoms with Gasteiger partial charge in [0.05, 0.1) is 19.2 Å². The molecule has 2 N–H and O–H groups in total. The topological polar surface area (TPSA) is 128 Å². The molecule has 2 fully saturated rings. The molecule has 268 valence electrons. The summed E-state index contributed by atoms with van der Waals surface area (Å²) in [4.78, 5) is 72.6. The van der Waals surface area contributed by atoms with Crippen molar-refractivity contribution in [3.05, 3.63) is 11.6 Å². The van der Waals surface area contributed by atoms with Crippen molar-refractivity contribution in [3.63, 3.8) is 0 Å². The van der Waals surface area contributed by atoms with Gasteiger partial charge < -0.3 is 25.2 Å². The fourth-order valence-corrected chi connectivity index (χ4v) is 7.05. The summed E-state index contributed by atoms with van der Waals surface area (Å²) in [5.41, 5.74) is -0.122. The molecule has 12 heteroatoms. The molecule has 2 heterocycles. The molecular weight excluding hydrogens is 618 g/mol. The summed E-state index contributed by atoms with van der Waals surface area (Å²) in [5.74, 6) is -0.852. The summed E-state index contributed by atoms with van der Waals surface area (Å²) in [7, 11) is 3.02. The van der Waals surface area contributed by atoms with Crippen LogP contribution in [0.25, 0.3) is 0 Å². The SMILES string of the molecule is COC(=O)[C@H](CCSC)NC(=O)[C@@H]1CCCN1C(=O)C(C)=C[C@H](C(C)C)N(C)C(=O)[C@@H](NC(=O)C1CCCCN1C(C)C)C(C)(C)C. The van der Waals surface area contributed by atoms with Crippen molar-refractivity contribution < 1.29 is 28.7 Å². The van der Waals surface area contributed by atoms with E-state index >= 15 is 0 Å². The van der Waals surface area contributed by atoms with Gasteiger partial charge in [0.25, 0.3) is 0 Å². The van der Waals surface area contributed by atoms with Crippen molar-refractivity contribution >= 4 is 41.4 Å². The molecule has 1 unspecified atom stereocenters. The smallest absolute Gasteiger partial charge is 0.328 e. The number of hydrogen-bond acceptors (Lipinski definition) is 8. The Morgan fingerprint density at radius 3 is 2.13 bits per heavy atom. The number of ether oxygens (including phenoxy) is 1. The number of amides is 4. The Morgan fingerprint density at radius 2 is 1.57 bits per heavy atom. The highest BCUT2D eigenvalue weighted by Gasteiger charge is 2.41. The third-order valence-corrected chi connectivity index (χ3v) is 10.0. The molecule has 0 aromatic carbocycles. The quantitative estimate of drug-likeness (QED) is 0.211. The van der Waals surface area contributed by atoms with E-state index in [0.29, 0.717) is 37.1 Å². The molecule has 47 heavy (non-hydrogen) atoms. The van der Waals surface area contributed by atoms with Gasteiger partial charge in [-0.2, -0.15) is 11.8 Å². The number of esters is 1. The number of nitrogens with zero attached hydrogens (tertiary/aromatic N) is 3. The van der Waals surface area contributed by atoms with Gasteiger partial charge in [0.2, 0.25) is 23.6 Å². The highest BCUT2D eigenvalue weighted by molar-refractivity contribution is 7.98. The summed E-state index contributed by atoms with van der Waals surface area (Å²) >= 11 is 1.57. The molecule has 0 bridgehead atoms. The largest absolute Gasteiger partial charge is 0.467 e. The second-order valence-corrected chi connectivity index (χ2v) is 15.7. The number of methoxy groups -OCH3 is 1. The monoisotopic (exact) mass is 679 g/mol. The molecular formula is C35H61N5O6S. The van der Waals surface area contributed by atoms with Crippen LogP contribution in [0.3, 0.4) is 0 Å². The molecule has 0 aromatic rings. The molecule has 2 saturated heterocycles. The minimum atomic E-state index is -0.776. The maximum atomic E-state index is 14.2. The highest BCUT2D eigenvalue weighted by Crippen LogP contribution is 2.27. The Balaban J connectivity index is 2.26. The molecule has 11 nitrogen and oxygen atoms in total. The van der Waals surface area contributed by atoms with E-state index in [1.165, 1.54) is 7.11 Å². The van der Waals surface area contributed by atoms with Crippen molar-refractivity contribution in [1.82, 2.24) is 25.3 Å². The van der Waals surface area contributed by atoms with Crippen molar-refractivity contribution in [2.75, 3.05) is 39.3 Å². The van der Waals surface area contributed by atoms with Gasteiger partial charge in [-0.1, -0.05) is 47.1 Å². The van der Waals surface area contributed by atoms with E-state index in [0.717, 1.165) is 25.8 Å². The summed E-state index contributed by atoms with van der Waals surface area (Å²) in [6, 6.07) is -2.71. The number of nitrogens with one attached hydrogen (secondary N) is 2. The van der Waals surface area contributed by atoms with Crippen LogP contribution in [0.15, 0.2) is 11.6 Å². The summed E-state index contributed by atoms with van der Waals surface area (Å²) < 4.78 is 4.89. The average molecular weight is 680 g/mol. The Hall–Kier alpha value is -2.60. The number of likely N-dealkylation sites (N-methyl/N-ethyl adjacent to an activating group) is 1. The predicted octanol–water partition coefficient (Wildman–Crippen LogP) is 3.61. The number of piperidine rings is 1. The lowest BCUT2D eigenvalue weighted by molar-refractivity contribution is -0.146. The van der Waals surface area contributed by atoms with Crippen LogP contribution >= 0.6 is 11.8 Å². The van der Waals surface area contributed by atoms with Crippen molar-refractivity contribution in [3.8, 4) is 0 Å². The number of rotatable bonds is 14. The summed E-state index contributed by atoms with van der Waals surface area (Å²) in [5, 5.41) is 5.92. The first-order valence-electron chi connectivity index (χ1n) is 17.1. The summed E-state index contributed by atoms with van der Waals surface area (Å²) in [6.45, 7) is 17.0. The van der Waals surface area contributed by atoms with Crippen LogP contribution in [-0.4, -0.2) is 120 Å². The third-order valence-electron chi connectivity index (χ3n) is 9.37. The lowest BCUT2D eigenvalue weighted by Crippen LogP contribution is -2.60. The van der Waals surface area contributed by atoms with Crippen LogP contribution in [-0.2, 0) is 28.7 Å². The maximum Gasteiger partial charge on any atom is 0.328 e. The first-order valence-corrected chi connectivity index (χ1v) is 18.5. The second-order valence-electron chi connectivity index (χ2n) is 14.7. The van der Waals surface area contributed by atoms with Crippen LogP contribution in [0, 0.1) is 11.3 Å². The van der Waals surface area contributed by atoms with E-state index in [9.17, 15) is 24.0 Å². The van der Waals surface area contributed by atoms with Gasteiger partial charge in [-0.15, -0.1) is 0 Å². The van der Waals surface area contributed by atoms with Crippen molar-refractivity contribution in [1.29, 1.82) is 0 Å². The molecule has 2 aliphatic rings. The van der Waals surface area contributed by atoms with Crippen LogP contribution < -0.4 is 10.6 Å². The molecule has 0 aliphatic carbocycles. The number of carbonyl (C=O) groups is 5. The van der Waals surface area contributed by atoms with Crippen LogP contribution in [0.4, 0.5) is 0 Å². The molecule has 2 rings (SSSR count). The van der Waals surface area contributed by atoms with Crippen LogP contribution in [0.1, 0.15) is 93.9 Å². The lowest BCUT2D eigenvalue weighted by atomic mass is 9.84. The van der Waals surface area contributed by atoms with Crippen molar-refractivity contribution in [2.24, 2.45) is 11.3 Å². The van der Waals surface area contributed by atoms with E-state index < -0.39 is 35.6 Å². The minimum absolute atomic E-state index is 0.0345. The zero-order valence-electron chi connectivity index (χ0n) is 30.7. The maximum absolute atomic E-state index is 14.2. The van der Waals surface area contributed by atoms with Crippen LogP contribution in [0.5, 0.6) is 0 Å². The molecule has 0 saturated carbocycles. The van der Waals surface area contributed by atoms with Crippen molar-refractivity contribution in [2.45, 2.75) is 130 Å². The number of carbonyl (C=O) groups excluding carboxylic acids is 5. The predicted molar refractivity (Wildman–Crippen MR) is 188 cm³/mol. The van der Waals surface area contributed by atoms with Gasteiger partial charge >= 0.3 is 5.97 Å². The minimum Gasteiger partial charge on any atom is -0.467 e. The Bertz CT molecular complexity index is 1140. The van der Waals surface area contributed by atoms with Gasteiger partial charge in [-0.05, 0) is 82.8 Å². The zero-order valence-corrected chi connectivity index (χ0v) is 31.5. The third kappa shape index (κ3) is 11.0. The highest BCUT2D eigenvalue weighted by atomic mass is 32.2. The lowest BCUT2D eigenvalue weighted by Gasteiger charge is -2.41. The Morgan fingerprint density at radius 1 is 0.957 bits per heavy atom. The number of likely N-dealkylation sites (tertiary alicyclic amines) is 2. The van der Waals surface area contributed by atoms with Crippen LogP contribution in [0.2, 0.25) is 0 Å². The summed E-state index contributed by atoms with van der Waals surface area (Å²) in [6.07, 6.45) is 8.12. The Labute approximate surface area is 287 Å². The second kappa shape index (κ2) is 18.2. The average Bonchev–Trinajstić information content (AvgIpc) is 3.52. The fourth-order valence-electron chi connectivity index (χ4n) is 6.57. The van der Waals surface area contributed by atoms with Gasteiger partial charge in [-0.25, -0.2) is 4.79 Å². The fraction of sp³-hybridized carbons (Fsp3) is 0.800. The molecule has 2 aliphatic heterocycles. The molecule has 0 radical (unpaired) electrons. The van der Waals surface area contributed by atoms with E-state index in [-0.39, 0.29) is 41.6 Å². The van der Waals surface area contributed by atoms with E-state index in [1.54, 1.807) is 41.6 Å². The number of hydrogen-bond donors (Lipinski definition) is 2. The van der Waals surface area contributed by atoms with Gasteiger partial charge in [0, 0.05) is 25.2 Å². The van der Waals surface area contributed by atoms with E-state index in [4.69, 9.17) is 4.74 Å². The molecule has 0 spiro atoms. The van der Waals surface area contributed by atoms with Gasteiger partial charge in [0.15, 0.2) is 0 Å². The normalized spacial score (nSPS) is 21.3. The first kappa shape index (κ1) is 40.6. The first-order chi connectivity index (χ1) is 22.0. The molecule has 4 amide bonds. The standard InChI is InChI=1S/C35H61N5O6S/c1-22(2)28(38(9)33(44)29(35(6,7)8)37-31(42)26-15-12-13-18-39(26)23(3)4)21-24(5)32(43)40-19-14-16-27(40)30(41)36-25(17-20-47-11)34(45)46-10/h21-23,25-29H,12-20H2,1-11H3,(H,36,41)(H,37,42)/t25-,26?,27-,28+,29+/m0/s1. The Kier molecular flexibility index (Phi) is 15.7. The van der Waals surface area contributed by atoms with E-state index in [1.807, 2.05) is 40.9 Å². The zero-order chi connectivity index (χ0) is 35.6. The van der Waals surface area contributed by atoms with Gasteiger partial charge in [-0.3, -0.25) is 24.1 Å². The molecule has 5 atom stereocenters. The molecule has 0 aromatic heterocycles. The number of thioether (sulfide) groups is 1. The van der Waals surface area contributed by atoms with Gasteiger partial charge in [0.1, 0.15) is 18.1 Å². The van der Waals surface area contributed by atoms with E-state index in [2.05, 4.69) is 29.4 Å².